The molecule has 92 valence electrons. The molecule has 0 aliphatic carbocycles. The number of rotatable bonds is 3. The van der Waals surface area contributed by atoms with Crippen molar-refractivity contribution in [3.8, 4) is 0 Å². The summed E-state index contributed by atoms with van der Waals surface area (Å²) in [6, 6.07) is 1.88. The highest BCUT2D eigenvalue weighted by Crippen LogP contribution is 2.23. The molecule has 1 fully saturated rings. The lowest BCUT2D eigenvalue weighted by atomic mass is 10.1. The summed E-state index contributed by atoms with van der Waals surface area (Å²) in [5, 5.41) is 16.1. The van der Waals surface area contributed by atoms with Crippen LogP contribution in [0.5, 0.6) is 0 Å². The van der Waals surface area contributed by atoms with Crippen molar-refractivity contribution in [3.05, 3.63) is 30.4 Å². The average Bonchev–Trinajstić information content (AvgIpc) is 2.78. The molecule has 1 aliphatic heterocycles. The molecular formula is C10H10N6O2. The Morgan fingerprint density at radius 2 is 2.06 bits per heavy atom. The maximum atomic E-state index is 10.7. The first-order valence-corrected chi connectivity index (χ1v) is 5.41. The number of nitrogens with zero attached hydrogens (tertiary/aromatic N) is 6. The van der Waals surface area contributed by atoms with Crippen molar-refractivity contribution >= 4 is 11.9 Å². The maximum absolute atomic E-state index is 10.7. The van der Waals surface area contributed by atoms with Gasteiger partial charge in [0.25, 0.3) is 0 Å². The third kappa shape index (κ3) is 1.77. The molecule has 0 amide bonds. The number of hydrogen-bond acceptors (Lipinski definition) is 6. The van der Waals surface area contributed by atoms with Crippen molar-refractivity contribution in [1.82, 2.24) is 25.0 Å². The number of hydrogen-bond donors (Lipinski definition) is 1. The fraction of sp³-hybridized carbons (Fsp3) is 0.300. The van der Waals surface area contributed by atoms with Gasteiger partial charge in [-0.2, -0.15) is 0 Å². The lowest BCUT2D eigenvalue weighted by Gasteiger charge is -2.38. The number of anilines is 1. The van der Waals surface area contributed by atoms with E-state index >= 15 is 0 Å². The van der Waals surface area contributed by atoms with E-state index in [0.717, 1.165) is 0 Å². The Kier molecular flexibility index (Phi) is 2.40. The highest BCUT2D eigenvalue weighted by atomic mass is 16.4. The van der Waals surface area contributed by atoms with E-state index in [2.05, 4.69) is 20.3 Å². The van der Waals surface area contributed by atoms with Crippen molar-refractivity contribution in [1.29, 1.82) is 0 Å². The summed E-state index contributed by atoms with van der Waals surface area (Å²) in [4.78, 5) is 21.0. The van der Waals surface area contributed by atoms with Crippen molar-refractivity contribution in [2.75, 3.05) is 18.0 Å². The second-order valence-electron chi connectivity index (χ2n) is 4.00. The molecule has 8 nitrogen and oxygen atoms in total. The molecule has 0 atom stereocenters. The lowest BCUT2D eigenvalue weighted by molar-refractivity contribution is 0.0690. The van der Waals surface area contributed by atoms with E-state index in [1.807, 2.05) is 4.90 Å². The summed E-state index contributed by atoms with van der Waals surface area (Å²) in [5.74, 6) is -0.392. The van der Waals surface area contributed by atoms with Gasteiger partial charge in [-0.05, 0) is 6.07 Å². The Morgan fingerprint density at radius 1 is 1.33 bits per heavy atom. The van der Waals surface area contributed by atoms with Crippen molar-refractivity contribution in [3.63, 3.8) is 0 Å². The van der Waals surface area contributed by atoms with Gasteiger partial charge in [0, 0.05) is 25.5 Å². The molecule has 2 aromatic rings. The Balaban J connectivity index is 1.66. The summed E-state index contributed by atoms with van der Waals surface area (Å²) < 4.78 is 1.57. The van der Waals surface area contributed by atoms with Crippen LogP contribution in [0.1, 0.15) is 16.5 Å². The molecule has 18 heavy (non-hydrogen) atoms. The van der Waals surface area contributed by atoms with Gasteiger partial charge in [0.15, 0.2) is 5.69 Å². The first kappa shape index (κ1) is 10.6. The summed E-state index contributed by atoms with van der Waals surface area (Å²) >= 11 is 0. The van der Waals surface area contributed by atoms with Gasteiger partial charge in [-0.15, -0.1) is 5.10 Å². The minimum atomic E-state index is -1.07. The van der Waals surface area contributed by atoms with Crippen LogP contribution in [-0.2, 0) is 0 Å². The zero-order valence-electron chi connectivity index (χ0n) is 9.34. The first-order chi connectivity index (χ1) is 8.74. The van der Waals surface area contributed by atoms with Gasteiger partial charge in [-0.3, -0.25) is 0 Å². The van der Waals surface area contributed by atoms with E-state index in [9.17, 15) is 4.79 Å². The predicted octanol–water partition coefficient (Wildman–Crippen LogP) is -0.172. The lowest BCUT2D eigenvalue weighted by Crippen LogP contribution is -2.48. The van der Waals surface area contributed by atoms with Crippen LogP contribution in [0.2, 0.25) is 0 Å². The van der Waals surface area contributed by atoms with Gasteiger partial charge >= 0.3 is 5.97 Å². The minimum absolute atomic E-state index is 0.0376. The average molecular weight is 246 g/mol. The van der Waals surface area contributed by atoms with Gasteiger partial charge in [-0.25, -0.2) is 19.4 Å². The predicted molar refractivity (Wildman–Crippen MR) is 60.3 cm³/mol. The summed E-state index contributed by atoms with van der Waals surface area (Å²) in [5.41, 5.74) is -0.0376. The molecule has 3 heterocycles. The van der Waals surface area contributed by atoms with E-state index < -0.39 is 5.97 Å². The largest absolute Gasteiger partial charge is 0.476 e. The molecule has 0 radical (unpaired) electrons. The van der Waals surface area contributed by atoms with Crippen LogP contribution in [0, 0.1) is 0 Å². The molecule has 8 heteroatoms. The Labute approximate surface area is 102 Å². The second kappa shape index (κ2) is 4.06. The molecule has 1 N–H and O–H groups in total. The summed E-state index contributed by atoms with van der Waals surface area (Å²) in [6.07, 6.45) is 4.82. The molecule has 3 rings (SSSR count). The van der Waals surface area contributed by atoms with E-state index in [0.29, 0.717) is 19.0 Å². The third-order valence-corrected chi connectivity index (χ3v) is 2.80. The minimum Gasteiger partial charge on any atom is -0.476 e. The van der Waals surface area contributed by atoms with E-state index in [-0.39, 0.29) is 11.7 Å². The summed E-state index contributed by atoms with van der Waals surface area (Å²) in [7, 11) is 0. The van der Waals surface area contributed by atoms with E-state index in [4.69, 9.17) is 5.11 Å². The van der Waals surface area contributed by atoms with Crippen LogP contribution in [0.4, 0.5) is 5.95 Å². The van der Waals surface area contributed by atoms with Crippen LogP contribution in [0.25, 0.3) is 0 Å². The normalized spacial score (nSPS) is 15.4. The highest BCUT2D eigenvalue weighted by Gasteiger charge is 2.31. The Morgan fingerprint density at radius 3 is 2.67 bits per heavy atom. The SMILES string of the molecule is O=C(O)c1cn(C2CN(c3ncccn3)C2)nn1. The number of aromatic nitrogens is 5. The molecule has 0 spiro atoms. The molecule has 0 unspecified atom stereocenters. The van der Waals surface area contributed by atoms with Crippen LogP contribution < -0.4 is 4.90 Å². The quantitative estimate of drug-likeness (QED) is 0.802. The zero-order valence-corrected chi connectivity index (χ0v) is 9.34. The van der Waals surface area contributed by atoms with Gasteiger partial charge in [0.1, 0.15) is 0 Å². The fourth-order valence-electron chi connectivity index (χ4n) is 1.79. The monoisotopic (exact) mass is 246 g/mol. The van der Waals surface area contributed by atoms with Crippen molar-refractivity contribution < 1.29 is 9.90 Å². The Hall–Kier alpha value is -2.51. The highest BCUT2D eigenvalue weighted by molar-refractivity contribution is 5.84. The number of aromatic carboxylic acids is 1. The topological polar surface area (TPSA) is 97.0 Å². The molecule has 1 aliphatic rings. The van der Waals surface area contributed by atoms with Gasteiger partial charge in [0.05, 0.1) is 12.2 Å². The number of carboxylic acid groups (broad SMARTS) is 1. The van der Waals surface area contributed by atoms with Crippen LogP contribution in [0.3, 0.4) is 0 Å². The van der Waals surface area contributed by atoms with Gasteiger partial charge in [-0.1, -0.05) is 5.21 Å². The van der Waals surface area contributed by atoms with Crippen LogP contribution >= 0.6 is 0 Å². The van der Waals surface area contributed by atoms with Gasteiger partial charge in [0.2, 0.25) is 5.95 Å². The van der Waals surface area contributed by atoms with Crippen LogP contribution in [0.15, 0.2) is 24.7 Å². The maximum Gasteiger partial charge on any atom is 0.358 e. The fourth-order valence-corrected chi connectivity index (χ4v) is 1.79. The molecule has 0 aromatic carbocycles. The summed E-state index contributed by atoms with van der Waals surface area (Å²) in [6.45, 7) is 1.40. The van der Waals surface area contributed by atoms with Crippen LogP contribution in [-0.4, -0.2) is 49.1 Å². The zero-order chi connectivity index (χ0) is 12.5. The molecular weight excluding hydrogens is 236 g/mol. The second-order valence-corrected chi connectivity index (χ2v) is 4.00. The van der Waals surface area contributed by atoms with E-state index in [1.54, 1.807) is 23.1 Å². The Bertz CT molecular complexity index is 563. The van der Waals surface area contributed by atoms with Gasteiger partial charge < -0.3 is 10.0 Å². The van der Waals surface area contributed by atoms with Crippen molar-refractivity contribution in [2.24, 2.45) is 0 Å². The molecule has 0 bridgehead atoms. The van der Waals surface area contributed by atoms with E-state index in [1.165, 1.54) is 6.20 Å². The third-order valence-electron chi connectivity index (χ3n) is 2.80. The molecule has 2 aromatic heterocycles. The molecule has 0 saturated carbocycles. The standard InChI is InChI=1S/C10H10N6O2/c17-9(18)8-6-16(14-13-8)7-4-15(5-7)10-11-2-1-3-12-10/h1-3,6-7H,4-5H2,(H,17,18). The smallest absolute Gasteiger partial charge is 0.358 e. The number of carbonyl (C=O) groups is 1. The molecule has 1 saturated heterocycles. The number of carboxylic acids is 1. The first-order valence-electron chi connectivity index (χ1n) is 5.41. The van der Waals surface area contributed by atoms with Crippen molar-refractivity contribution in [2.45, 2.75) is 6.04 Å².